The van der Waals surface area contributed by atoms with Crippen LogP contribution in [0.25, 0.3) is 0 Å². The fraction of sp³-hybridized carbons (Fsp3) is 0.450. The van der Waals surface area contributed by atoms with Crippen molar-refractivity contribution in [3.8, 4) is 5.75 Å². The number of hydrogen-bond donors (Lipinski definition) is 1. The van der Waals surface area contributed by atoms with E-state index in [9.17, 15) is 18.4 Å². The number of alkyl halides is 2. The standard InChI is InChI=1S/C20H23F2N5O3/c21-20(22)27-6-5-23-17(27)12-25-7-9-26(10-8-25)19(29)13-30-15-2-3-16-14(11-15)1-4-18(28)24-16/h2-3,5-6,11,20H,1,4,7-10,12-13H2,(H,24,28). The van der Waals surface area contributed by atoms with Crippen molar-refractivity contribution in [3.05, 3.63) is 42.0 Å². The molecule has 2 aliphatic rings. The van der Waals surface area contributed by atoms with Gasteiger partial charge >= 0.3 is 6.55 Å². The molecule has 1 fully saturated rings. The fourth-order valence-corrected chi connectivity index (χ4v) is 3.69. The second-order valence-electron chi connectivity index (χ2n) is 7.34. The minimum Gasteiger partial charge on any atom is -0.484 e. The van der Waals surface area contributed by atoms with Gasteiger partial charge in [0, 0.05) is 50.7 Å². The van der Waals surface area contributed by atoms with Crippen molar-refractivity contribution >= 4 is 17.5 Å². The van der Waals surface area contributed by atoms with Gasteiger partial charge < -0.3 is 15.0 Å². The Hall–Kier alpha value is -3.01. The predicted octanol–water partition coefficient (Wildman–Crippen LogP) is 1.89. The number of carbonyl (C=O) groups excluding carboxylic acids is 2. The number of rotatable bonds is 6. The van der Waals surface area contributed by atoms with Gasteiger partial charge in [0.05, 0.1) is 6.54 Å². The van der Waals surface area contributed by atoms with Crippen LogP contribution in [0, 0.1) is 0 Å². The molecular formula is C20H23F2N5O3. The Bertz CT molecular complexity index is 925. The first kappa shape index (κ1) is 20.3. The molecule has 0 bridgehead atoms. The van der Waals surface area contributed by atoms with Crippen LogP contribution in [0.4, 0.5) is 14.5 Å². The molecule has 0 saturated carbocycles. The van der Waals surface area contributed by atoms with Crippen LogP contribution in [0.2, 0.25) is 0 Å². The number of carbonyl (C=O) groups is 2. The summed E-state index contributed by atoms with van der Waals surface area (Å²) < 4.78 is 32.4. The average molecular weight is 419 g/mol. The first-order chi connectivity index (χ1) is 14.5. The van der Waals surface area contributed by atoms with Crippen molar-refractivity contribution < 1.29 is 23.1 Å². The van der Waals surface area contributed by atoms with E-state index in [0.29, 0.717) is 57.1 Å². The van der Waals surface area contributed by atoms with Crippen LogP contribution < -0.4 is 10.1 Å². The third-order valence-electron chi connectivity index (χ3n) is 5.38. The number of anilines is 1. The van der Waals surface area contributed by atoms with Gasteiger partial charge in [-0.3, -0.25) is 19.1 Å². The quantitative estimate of drug-likeness (QED) is 0.774. The van der Waals surface area contributed by atoms with Gasteiger partial charge in [0.25, 0.3) is 5.91 Å². The Morgan fingerprint density at radius 2 is 2.00 bits per heavy atom. The normalized spacial score (nSPS) is 17.0. The number of nitrogens with one attached hydrogen (secondary N) is 1. The maximum atomic E-state index is 12.9. The Kier molecular flexibility index (Phi) is 5.93. The predicted molar refractivity (Wildman–Crippen MR) is 104 cm³/mol. The lowest BCUT2D eigenvalue weighted by Gasteiger charge is -2.34. The molecule has 1 saturated heterocycles. The second-order valence-corrected chi connectivity index (χ2v) is 7.34. The molecule has 1 N–H and O–H groups in total. The first-order valence-corrected chi connectivity index (χ1v) is 9.85. The van der Waals surface area contributed by atoms with Crippen LogP contribution in [-0.2, 0) is 22.6 Å². The number of halogens is 2. The third-order valence-corrected chi connectivity index (χ3v) is 5.38. The molecule has 0 atom stereocenters. The molecule has 4 rings (SSSR count). The van der Waals surface area contributed by atoms with Gasteiger partial charge in [0.15, 0.2) is 6.61 Å². The molecule has 2 aromatic rings. The van der Waals surface area contributed by atoms with Crippen LogP contribution in [0.5, 0.6) is 5.75 Å². The fourth-order valence-electron chi connectivity index (χ4n) is 3.69. The number of aryl methyl sites for hydroxylation is 1. The number of aromatic nitrogens is 2. The molecule has 30 heavy (non-hydrogen) atoms. The van der Waals surface area contributed by atoms with Crippen molar-refractivity contribution in [3.63, 3.8) is 0 Å². The highest BCUT2D eigenvalue weighted by Gasteiger charge is 2.23. The lowest BCUT2D eigenvalue weighted by atomic mass is 10.0. The number of ether oxygens (including phenoxy) is 1. The Balaban J connectivity index is 1.25. The molecule has 0 unspecified atom stereocenters. The molecule has 2 amide bonds. The largest absolute Gasteiger partial charge is 0.484 e. The Labute approximate surface area is 172 Å². The van der Waals surface area contributed by atoms with Gasteiger partial charge in [0.2, 0.25) is 5.91 Å². The summed E-state index contributed by atoms with van der Waals surface area (Å²) in [5.74, 6) is 0.797. The lowest BCUT2D eigenvalue weighted by molar-refractivity contribution is -0.135. The van der Waals surface area contributed by atoms with Gasteiger partial charge in [-0.15, -0.1) is 0 Å². The maximum absolute atomic E-state index is 12.9. The summed E-state index contributed by atoms with van der Waals surface area (Å²) in [4.78, 5) is 31.6. The van der Waals surface area contributed by atoms with Gasteiger partial charge in [0.1, 0.15) is 11.6 Å². The lowest BCUT2D eigenvalue weighted by Crippen LogP contribution is -2.49. The molecule has 1 aromatic heterocycles. The zero-order chi connectivity index (χ0) is 21.1. The van der Waals surface area contributed by atoms with Crippen molar-refractivity contribution in [2.45, 2.75) is 25.9 Å². The summed E-state index contributed by atoms with van der Waals surface area (Å²) in [5, 5.41) is 2.81. The van der Waals surface area contributed by atoms with Gasteiger partial charge in [-0.1, -0.05) is 0 Å². The average Bonchev–Trinajstić information content (AvgIpc) is 3.21. The monoisotopic (exact) mass is 419 g/mol. The highest BCUT2D eigenvalue weighted by atomic mass is 19.3. The van der Waals surface area contributed by atoms with Crippen molar-refractivity contribution in [1.29, 1.82) is 0 Å². The van der Waals surface area contributed by atoms with E-state index in [2.05, 4.69) is 10.3 Å². The number of benzene rings is 1. The molecular weight excluding hydrogens is 396 g/mol. The Morgan fingerprint density at radius 3 is 2.77 bits per heavy atom. The highest BCUT2D eigenvalue weighted by molar-refractivity contribution is 5.94. The van der Waals surface area contributed by atoms with E-state index in [0.717, 1.165) is 15.8 Å². The number of nitrogens with zero attached hydrogens (tertiary/aromatic N) is 4. The van der Waals surface area contributed by atoms with Gasteiger partial charge in [-0.2, -0.15) is 8.78 Å². The van der Waals surface area contributed by atoms with Crippen molar-refractivity contribution in [2.75, 3.05) is 38.1 Å². The van der Waals surface area contributed by atoms with Gasteiger partial charge in [-0.25, -0.2) is 4.98 Å². The zero-order valence-corrected chi connectivity index (χ0v) is 16.4. The molecule has 1 aromatic carbocycles. The molecule has 0 spiro atoms. The number of fused-ring (bicyclic) bond motifs is 1. The summed E-state index contributed by atoms with van der Waals surface area (Å²) in [5.41, 5.74) is 1.78. The van der Waals surface area contributed by atoms with E-state index in [1.54, 1.807) is 17.0 Å². The molecule has 10 heteroatoms. The number of amides is 2. The van der Waals surface area contributed by atoms with E-state index in [1.165, 1.54) is 12.4 Å². The Morgan fingerprint density at radius 1 is 1.20 bits per heavy atom. The zero-order valence-electron chi connectivity index (χ0n) is 16.4. The topological polar surface area (TPSA) is 79.7 Å². The first-order valence-electron chi connectivity index (χ1n) is 9.85. The van der Waals surface area contributed by atoms with E-state index in [1.807, 2.05) is 11.0 Å². The minimum atomic E-state index is -2.61. The molecule has 0 radical (unpaired) electrons. The third kappa shape index (κ3) is 4.59. The van der Waals surface area contributed by atoms with Gasteiger partial charge in [-0.05, 0) is 30.2 Å². The highest BCUT2D eigenvalue weighted by Crippen LogP contribution is 2.26. The number of piperazine rings is 1. The molecule has 2 aliphatic heterocycles. The van der Waals surface area contributed by atoms with Crippen molar-refractivity contribution in [1.82, 2.24) is 19.4 Å². The smallest absolute Gasteiger partial charge is 0.319 e. The van der Waals surface area contributed by atoms with Crippen LogP contribution in [0.15, 0.2) is 30.6 Å². The molecule has 0 aliphatic carbocycles. The summed E-state index contributed by atoms with van der Waals surface area (Å²) in [7, 11) is 0. The van der Waals surface area contributed by atoms with E-state index >= 15 is 0 Å². The van der Waals surface area contributed by atoms with Crippen molar-refractivity contribution in [2.24, 2.45) is 0 Å². The SMILES string of the molecule is O=C1CCc2cc(OCC(=O)N3CCN(Cc4nccn4C(F)F)CC3)ccc2N1. The number of imidazole rings is 1. The van der Waals surface area contributed by atoms with E-state index in [4.69, 9.17) is 4.74 Å². The summed E-state index contributed by atoms with van der Waals surface area (Å²) in [6.45, 7) is -0.174. The molecule has 8 nitrogen and oxygen atoms in total. The molecule has 3 heterocycles. The summed E-state index contributed by atoms with van der Waals surface area (Å²) in [6.07, 6.45) is 3.73. The van der Waals surface area contributed by atoms with Crippen LogP contribution >= 0.6 is 0 Å². The van der Waals surface area contributed by atoms with Crippen LogP contribution in [0.1, 0.15) is 24.4 Å². The summed E-state index contributed by atoms with van der Waals surface area (Å²) >= 11 is 0. The number of hydrogen-bond acceptors (Lipinski definition) is 5. The maximum Gasteiger partial charge on any atom is 0.319 e. The summed E-state index contributed by atoms with van der Waals surface area (Å²) in [6, 6.07) is 5.38. The van der Waals surface area contributed by atoms with E-state index < -0.39 is 6.55 Å². The van der Waals surface area contributed by atoms with E-state index in [-0.39, 0.29) is 18.4 Å². The molecule has 160 valence electrons. The van der Waals surface area contributed by atoms with Crippen LogP contribution in [0.3, 0.4) is 0 Å². The van der Waals surface area contributed by atoms with Crippen LogP contribution in [-0.4, -0.2) is 64.0 Å². The minimum absolute atomic E-state index is 0.00340. The second kappa shape index (κ2) is 8.78.